The second kappa shape index (κ2) is 5.88. The monoisotopic (exact) mass is 277 g/mol. The molecular formula is C14H16FN3O2. The first-order valence-electron chi connectivity index (χ1n) is 6.48. The minimum Gasteiger partial charge on any atom is -0.394 e. The largest absolute Gasteiger partial charge is 0.394 e. The molecule has 0 saturated heterocycles. The number of halogens is 1. The summed E-state index contributed by atoms with van der Waals surface area (Å²) < 4.78 is 13.2. The zero-order chi connectivity index (χ0) is 14.6. The maximum absolute atomic E-state index is 13.2. The van der Waals surface area contributed by atoms with Gasteiger partial charge in [-0.3, -0.25) is 0 Å². The van der Waals surface area contributed by atoms with Crippen molar-refractivity contribution < 1.29 is 14.3 Å². The van der Waals surface area contributed by atoms with Crippen LogP contribution in [-0.2, 0) is 0 Å². The first-order valence-corrected chi connectivity index (χ1v) is 6.48. The molecule has 0 bridgehead atoms. The maximum Gasteiger partial charge on any atom is 0.319 e. The second-order valence-electron chi connectivity index (χ2n) is 5.03. The summed E-state index contributed by atoms with van der Waals surface area (Å²) in [5.41, 5.74) is -0.352. The Kier molecular flexibility index (Phi) is 4.20. The number of nitriles is 1. The highest BCUT2D eigenvalue weighted by Crippen LogP contribution is 2.29. The number of nitrogens with zero attached hydrogens (tertiary/aromatic N) is 1. The van der Waals surface area contributed by atoms with Gasteiger partial charge < -0.3 is 15.7 Å². The van der Waals surface area contributed by atoms with Crippen molar-refractivity contribution in [1.29, 1.82) is 5.26 Å². The smallest absolute Gasteiger partial charge is 0.319 e. The van der Waals surface area contributed by atoms with Gasteiger partial charge in [0.25, 0.3) is 0 Å². The van der Waals surface area contributed by atoms with Crippen molar-refractivity contribution in [3.8, 4) is 6.07 Å². The predicted octanol–water partition coefficient (Wildman–Crippen LogP) is 2.12. The zero-order valence-corrected chi connectivity index (χ0v) is 10.9. The quantitative estimate of drug-likeness (QED) is 0.791. The lowest BCUT2D eigenvalue weighted by Gasteiger charge is -2.27. The first kappa shape index (κ1) is 14.3. The van der Waals surface area contributed by atoms with Crippen LogP contribution in [-0.4, -0.2) is 23.3 Å². The highest BCUT2D eigenvalue weighted by atomic mass is 19.1. The predicted molar refractivity (Wildman–Crippen MR) is 71.6 cm³/mol. The van der Waals surface area contributed by atoms with Crippen LogP contribution in [0.15, 0.2) is 18.2 Å². The average Bonchev–Trinajstić information content (AvgIpc) is 2.90. The number of urea groups is 1. The van der Waals surface area contributed by atoms with Crippen molar-refractivity contribution in [2.45, 2.75) is 31.2 Å². The van der Waals surface area contributed by atoms with Gasteiger partial charge in [0.05, 0.1) is 17.7 Å². The lowest BCUT2D eigenvalue weighted by molar-refractivity contribution is 0.167. The Labute approximate surface area is 116 Å². The Bertz CT molecular complexity index is 548. The van der Waals surface area contributed by atoms with Crippen LogP contribution < -0.4 is 10.6 Å². The van der Waals surface area contributed by atoms with Gasteiger partial charge in [0.15, 0.2) is 0 Å². The van der Waals surface area contributed by atoms with Crippen molar-refractivity contribution >= 4 is 11.7 Å². The fraction of sp³-hybridized carbons (Fsp3) is 0.429. The summed E-state index contributed by atoms with van der Waals surface area (Å²) in [6.07, 6.45) is 3.42. The molecule has 106 valence electrons. The van der Waals surface area contributed by atoms with Crippen LogP contribution in [0.3, 0.4) is 0 Å². The van der Waals surface area contributed by atoms with Crippen LogP contribution in [0.5, 0.6) is 0 Å². The van der Waals surface area contributed by atoms with Crippen LogP contribution in [0.25, 0.3) is 0 Å². The van der Waals surface area contributed by atoms with Crippen molar-refractivity contribution in [2.24, 2.45) is 0 Å². The fourth-order valence-corrected chi connectivity index (χ4v) is 2.47. The Hall–Kier alpha value is -2.13. The molecule has 0 heterocycles. The summed E-state index contributed by atoms with van der Waals surface area (Å²) >= 11 is 0. The summed E-state index contributed by atoms with van der Waals surface area (Å²) in [6, 6.07) is 5.04. The van der Waals surface area contributed by atoms with Gasteiger partial charge in [-0.05, 0) is 31.0 Å². The Balaban J connectivity index is 2.03. The van der Waals surface area contributed by atoms with E-state index in [1.54, 1.807) is 6.07 Å². The number of hydrogen-bond acceptors (Lipinski definition) is 3. The van der Waals surface area contributed by atoms with E-state index in [2.05, 4.69) is 10.6 Å². The molecule has 0 aliphatic heterocycles. The van der Waals surface area contributed by atoms with Gasteiger partial charge in [0.2, 0.25) is 0 Å². The molecule has 5 nitrogen and oxygen atoms in total. The molecule has 0 aromatic heterocycles. The molecule has 2 amide bonds. The summed E-state index contributed by atoms with van der Waals surface area (Å²) in [5, 5.41) is 23.5. The van der Waals surface area contributed by atoms with Crippen LogP contribution in [0.4, 0.5) is 14.9 Å². The molecule has 1 aliphatic rings. The van der Waals surface area contributed by atoms with Gasteiger partial charge in [-0.2, -0.15) is 5.26 Å². The van der Waals surface area contributed by atoms with Crippen molar-refractivity contribution in [3.63, 3.8) is 0 Å². The number of hydrogen-bond donors (Lipinski definition) is 3. The number of rotatable bonds is 3. The van der Waals surface area contributed by atoms with E-state index in [1.807, 2.05) is 0 Å². The van der Waals surface area contributed by atoms with Crippen molar-refractivity contribution in [3.05, 3.63) is 29.6 Å². The molecule has 1 aliphatic carbocycles. The molecule has 3 N–H and O–H groups in total. The van der Waals surface area contributed by atoms with Gasteiger partial charge in [-0.1, -0.05) is 12.8 Å². The van der Waals surface area contributed by atoms with Crippen LogP contribution in [0.1, 0.15) is 31.2 Å². The number of carbonyl (C=O) groups excluding carboxylic acids is 1. The summed E-state index contributed by atoms with van der Waals surface area (Å²) in [6.45, 7) is -0.104. The molecule has 1 fully saturated rings. The van der Waals surface area contributed by atoms with Gasteiger partial charge in [-0.25, -0.2) is 9.18 Å². The average molecular weight is 277 g/mol. The van der Waals surface area contributed by atoms with Gasteiger partial charge >= 0.3 is 6.03 Å². The zero-order valence-electron chi connectivity index (χ0n) is 10.9. The molecule has 6 heteroatoms. The molecule has 20 heavy (non-hydrogen) atoms. The van der Waals surface area contributed by atoms with E-state index in [-0.39, 0.29) is 12.2 Å². The van der Waals surface area contributed by atoms with Crippen molar-refractivity contribution in [2.75, 3.05) is 11.9 Å². The standard InChI is InChI=1S/C14H16FN3O2/c15-12-4-3-11(7-10(12)8-16)17-13(20)18-14(9-19)5-1-2-6-14/h3-4,7,19H,1-2,5-6,9H2,(H2,17,18,20). The van der Waals surface area contributed by atoms with Crippen molar-refractivity contribution in [1.82, 2.24) is 5.32 Å². The van der Waals surface area contributed by atoms with E-state index in [4.69, 9.17) is 5.26 Å². The summed E-state index contributed by atoms with van der Waals surface area (Å²) in [7, 11) is 0. The first-order chi connectivity index (χ1) is 9.58. The molecule has 1 aromatic carbocycles. The van der Waals surface area contributed by atoms with Crippen LogP contribution >= 0.6 is 0 Å². The minimum atomic E-state index is -0.624. The van der Waals surface area contributed by atoms with E-state index >= 15 is 0 Å². The molecule has 0 unspecified atom stereocenters. The number of anilines is 1. The van der Waals surface area contributed by atoms with Gasteiger partial charge in [0.1, 0.15) is 11.9 Å². The maximum atomic E-state index is 13.2. The highest BCUT2D eigenvalue weighted by molar-refractivity contribution is 5.90. The van der Waals surface area contributed by atoms with E-state index in [0.717, 1.165) is 31.7 Å². The second-order valence-corrected chi connectivity index (χ2v) is 5.03. The van der Waals surface area contributed by atoms with E-state index in [9.17, 15) is 14.3 Å². The number of amides is 2. The van der Waals surface area contributed by atoms with Gasteiger partial charge in [-0.15, -0.1) is 0 Å². The topological polar surface area (TPSA) is 85.2 Å². The Morgan fingerprint density at radius 2 is 2.15 bits per heavy atom. The molecular weight excluding hydrogens is 261 g/mol. The molecule has 1 aromatic rings. The number of nitrogens with one attached hydrogen (secondary N) is 2. The molecule has 2 rings (SSSR count). The summed E-state index contributed by atoms with van der Waals surface area (Å²) in [4.78, 5) is 11.9. The van der Waals surface area contributed by atoms with E-state index in [1.165, 1.54) is 12.1 Å². The molecule has 0 spiro atoms. The lowest BCUT2D eigenvalue weighted by atomic mass is 9.99. The number of carbonyl (C=O) groups is 1. The minimum absolute atomic E-state index is 0.104. The number of aliphatic hydroxyl groups is 1. The van der Waals surface area contributed by atoms with Gasteiger partial charge in [0, 0.05) is 5.69 Å². The third kappa shape index (κ3) is 3.06. The van der Waals surface area contributed by atoms with E-state index in [0.29, 0.717) is 5.69 Å². The molecule has 0 radical (unpaired) electrons. The highest BCUT2D eigenvalue weighted by Gasteiger charge is 2.34. The van der Waals surface area contributed by atoms with E-state index < -0.39 is 17.4 Å². The molecule has 0 atom stereocenters. The fourth-order valence-electron chi connectivity index (χ4n) is 2.47. The molecule has 1 saturated carbocycles. The summed E-state index contributed by atoms with van der Waals surface area (Å²) in [5.74, 6) is -0.624. The number of benzene rings is 1. The Morgan fingerprint density at radius 3 is 2.75 bits per heavy atom. The van der Waals surface area contributed by atoms with Crippen LogP contribution in [0, 0.1) is 17.1 Å². The van der Waals surface area contributed by atoms with Crippen LogP contribution in [0.2, 0.25) is 0 Å². The number of aliphatic hydroxyl groups excluding tert-OH is 1. The third-order valence-electron chi connectivity index (χ3n) is 3.59. The Morgan fingerprint density at radius 1 is 1.45 bits per heavy atom. The lowest BCUT2D eigenvalue weighted by Crippen LogP contribution is -2.50. The third-order valence-corrected chi connectivity index (χ3v) is 3.59. The SMILES string of the molecule is N#Cc1cc(NC(=O)NC2(CO)CCCC2)ccc1F. The normalized spacial score (nSPS) is 16.4.